The highest BCUT2D eigenvalue weighted by Gasteiger charge is 2.51. The molecule has 188 valence electrons. The third-order valence-electron chi connectivity index (χ3n) is 5.33. The van der Waals surface area contributed by atoms with Crippen LogP contribution in [-0.2, 0) is 33.3 Å². The summed E-state index contributed by atoms with van der Waals surface area (Å²) >= 11 is 0. The van der Waals surface area contributed by atoms with Crippen molar-refractivity contribution >= 4 is 41.2 Å². The van der Waals surface area contributed by atoms with Crippen LogP contribution < -0.4 is 5.56 Å². The molecule has 0 radical (unpaired) electrons. The number of nitrogens with zero attached hydrogens (tertiary/aromatic N) is 3. The molecular weight excluding hydrogens is 472 g/mol. The molecule has 0 bridgehead atoms. The lowest BCUT2D eigenvalue weighted by atomic mass is 10.1. The monoisotopic (exact) mass is 496 g/mol. The first-order chi connectivity index (χ1) is 17.2. The van der Waals surface area contributed by atoms with Crippen molar-refractivity contribution in [3.63, 3.8) is 0 Å². The Kier molecular flexibility index (Phi) is 7.25. The Morgan fingerprint density at radius 3 is 2.39 bits per heavy atom. The van der Waals surface area contributed by atoms with Gasteiger partial charge in [0.2, 0.25) is 0 Å². The van der Waals surface area contributed by atoms with Gasteiger partial charge in [0.05, 0.1) is 6.33 Å². The maximum atomic E-state index is 12.5. The summed E-state index contributed by atoms with van der Waals surface area (Å²) in [5, 5.41) is 0. The van der Waals surface area contributed by atoms with Gasteiger partial charge in [-0.2, -0.15) is 0 Å². The van der Waals surface area contributed by atoms with Crippen molar-refractivity contribution in [3.05, 3.63) is 58.4 Å². The van der Waals surface area contributed by atoms with Crippen molar-refractivity contribution in [2.75, 3.05) is 6.61 Å². The number of nitrogens with one attached hydrogen (secondary N) is 1. The van der Waals surface area contributed by atoms with Crippen LogP contribution in [0.5, 0.6) is 0 Å². The third kappa shape index (κ3) is 5.33. The fraction of sp³-hybridized carbons (Fsp3) is 0.333. The van der Waals surface area contributed by atoms with Crippen molar-refractivity contribution in [2.45, 2.75) is 45.3 Å². The molecule has 4 atom stereocenters. The smallest absolute Gasteiger partial charge is 0.303 e. The van der Waals surface area contributed by atoms with E-state index in [9.17, 15) is 19.2 Å². The largest absolute Gasteiger partial charge is 0.463 e. The van der Waals surface area contributed by atoms with Crippen LogP contribution >= 0.6 is 0 Å². The maximum absolute atomic E-state index is 12.5. The SMILES string of the molecule is CC(=O)OC[C@H]1O[C@@H](n2c(/C=C/c3ccccc3)nc3c(=O)[nH]cnc32)[C@H](OC(C)=O)[C@@H]1OC(C)=O. The molecule has 0 saturated carbocycles. The predicted octanol–water partition coefficient (Wildman–Crippen LogP) is 1.61. The number of ether oxygens (including phenoxy) is 4. The summed E-state index contributed by atoms with van der Waals surface area (Å²) in [4.78, 5) is 59.0. The zero-order chi connectivity index (χ0) is 25.8. The first-order valence-corrected chi connectivity index (χ1v) is 11.1. The van der Waals surface area contributed by atoms with Gasteiger partial charge in [0.25, 0.3) is 5.56 Å². The fourth-order valence-corrected chi connectivity index (χ4v) is 3.94. The van der Waals surface area contributed by atoms with E-state index in [1.165, 1.54) is 31.7 Å². The minimum atomic E-state index is -1.16. The number of benzene rings is 1. The van der Waals surface area contributed by atoms with Crippen LogP contribution in [0.2, 0.25) is 0 Å². The Morgan fingerprint density at radius 2 is 1.72 bits per heavy atom. The number of fused-ring (bicyclic) bond motifs is 1. The number of esters is 3. The van der Waals surface area contributed by atoms with Crippen LogP contribution in [0.4, 0.5) is 0 Å². The molecule has 1 aliphatic rings. The molecule has 2 aromatic heterocycles. The predicted molar refractivity (Wildman–Crippen MR) is 125 cm³/mol. The Hall–Kier alpha value is -4.32. The summed E-state index contributed by atoms with van der Waals surface area (Å²) in [6.45, 7) is 3.36. The number of carbonyl (C=O) groups excluding carboxylic acids is 3. The Morgan fingerprint density at radius 1 is 1.03 bits per heavy atom. The molecule has 1 aliphatic heterocycles. The molecule has 4 rings (SSSR count). The molecule has 12 heteroatoms. The van der Waals surface area contributed by atoms with E-state index in [1.54, 1.807) is 12.2 Å². The molecule has 3 aromatic rings. The lowest BCUT2D eigenvalue weighted by Gasteiger charge is -2.24. The van der Waals surface area contributed by atoms with Gasteiger partial charge >= 0.3 is 17.9 Å². The number of H-pyrrole nitrogens is 1. The summed E-state index contributed by atoms with van der Waals surface area (Å²) in [7, 11) is 0. The van der Waals surface area contributed by atoms with Crippen molar-refractivity contribution in [3.8, 4) is 0 Å². The molecule has 0 amide bonds. The van der Waals surface area contributed by atoms with Gasteiger partial charge in [-0.25, -0.2) is 9.97 Å². The van der Waals surface area contributed by atoms with Gasteiger partial charge < -0.3 is 23.9 Å². The number of aromatic nitrogens is 4. The van der Waals surface area contributed by atoms with Crippen molar-refractivity contribution in [2.24, 2.45) is 0 Å². The minimum absolute atomic E-state index is 0.0304. The quantitative estimate of drug-likeness (QED) is 0.377. The molecule has 36 heavy (non-hydrogen) atoms. The maximum Gasteiger partial charge on any atom is 0.303 e. The van der Waals surface area contributed by atoms with Gasteiger partial charge in [0.15, 0.2) is 29.6 Å². The molecule has 0 aliphatic carbocycles. The van der Waals surface area contributed by atoms with Crippen molar-refractivity contribution in [1.29, 1.82) is 0 Å². The molecule has 0 spiro atoms. The number of aromatic amines is 1. The van der Waals surface area contributed by atoms with Crippen LogP contribution in [0.1, 0.15) is 38.4 Å². The second kappa shape index (κ2) is 10.5. The standard InChI is InChI=1S/C24H24N4O8/c1-13(29)33-11-17-20(34-14(2)30)21(35-15(3)31)24(36-17)28-18(10-9-16-7-5-4-6-8-16)27-19-22(28)25-12-26-23(19)32/h4-10,12,17,20-21,24H,11H2,1-3H3,(H,25,26,32)/b10-9+/t17-,20-,21-,24-/m1/s1. The second-order valence-corrected chi connectivity index (χ2v) is 8.00. The molecular formula is C24H24N4O8. The average Bonchev–Trinajstić information content (AvgIpc) is 3.35. The highest BCUT2D eigenvalue weighted by atomic mass is 16.7. The van der Waals surface area contributed by atoms with E-state index in [0.717, 1.165) is 5.56 Å². The van der Waals surface area contributed by atoms with Gasteiger partial charge in [-0.3, -0.25) is 23.7 Å². The number of carbonyl (C=O) groups is 3. The van der Waals surface area contributed by atoms with Crippen LogP contribution in [0.15, 0.2) is 41.5 Å². The number of hydrogen-bond donors (Lipinski definition) is 1. The normalized spacial score (nSPS) is 21.5. The lowest BCUT2D eigenvalue weighted by molar-refractivity contribution is -0.166. The van der Waals surface area contributed by atoms with Crippen molar-refractivity contribution in [1.82, 2.24) is 19.5 Å². The van der Waals surface area contributed by atoms with E-state index in [4.69, 9.17) is 18.9 Å². The molecule has 1 saturated heterocycles. The third-order valence-corrected chi connectivity index (χ3v) is 5.33. The van der Waals surface area contributed by atoms with Crippen LogP contribution in [0, 0.1) is 0 Å². The average molecular weight is 496 g/mol. The Bertz CT molecular complexity index is 1360. The van der Waals surface area contributed by atoms with Crippen LogP contribution in [0.3, 0.4) is 0 Å². The zero-order valence-electron chi connectivity index (χ0n) is 19.7. The Labute approximate surface area is 204 Å². The Balaban J connectivity index is 1.84. The van der Waals surface area contributed by atoms with Crippen LogP contribution in [0.25, 0.3) is 23.3 Å². The van der Waals surface area contributed by atoms with E-state index in [-0.39, 0.29) is 23.6 Å². The van der Waals surface area contributed by atoms with Gasteiger partial charge in [-0.15, -0.1) is 0 Å². The summed E-state index contributed by atoms with van der Waals surface area (Å²) < 4.78 is 23.7. The molecule has 1 N–H and O–H groups in total. The molecule has 1 aromatic carbocycles. The van der Waals surface area contributed by atoms with E-state index in [2.05, 4.69) is 15.0 Å². The number of rotatable bonds is 7. The van der Waals surface area contributed by atoms with Crippen molar-refractivity contribution < 1.29 is 33.3 Å². The highest BCUT2D eigenvalue weighted by Crippen LogP contribution is 2.37. The van der Waals surface area contributed by atoms with Gasteiger partial charge in [-0.05, 0) is 11.6 Å². The van der Waals surface area contributed by atoms with E-state index >= 15 is 0 Å². The number of hydrogen-bond acceptors (Lipinski definition) is 10. The summed E-state index contributed by atoms with van der Waals surface area (Å²) in [5.74, 6) is -1.60. The second-order valence-electron chi connectivity index (χ2n) is 8.00. The first kappa shape index (κ1) is 24.8. The minimum Gasteiger partial charge on any atom is -0.463 e. The van der Waals surface area contributed by atoms with Gasteiger partial charge in [0.1, 0.15) is 18.5 Å². The summed E-state index contributed by atoms with van der Waals surface area (Å²) in [6.07, 6.45) is 0.289. The first-order valence-electron chi connectivity index (χ1n) is 11.1. The fourth-order valence-electron chi connectivity index (χ4n) is 3.94. The molecule has 1 fully saturated rings. The molecule has 0 unspecified atom stereocenters. The van der Waals surface area contributed by atoms with E-state index in [1.807, 2.05) is 30.3 Å². The summed E-state index contributed by atoms with van der Waals surface area (Å²) in [5.41, 5.74) is 0.571. The lowest BCUT2D eigenvalue weighted by Crippen LogP contribution is -2.40. The number of imidazole rings is 1. The van der Waals surface area contributed by atoms with E-state index < -0.39 is 48.0 Å². The topological polar surface area (TPSA) is 152 Å². The van der Waals surface area contributed by atoms with Crippen LogP contribution in [-0.4, -0.2) is 62.3 Å². The highest BCUT2D eigenvalue weighted by molar-refractivity contribution is 5.76. The van der Waals surface area contributed by atoms with Gasteiger partial charge in [0, 0.05) is 20.8 Å². The summed E-state index contributed by atoms with van der Waals surface area (Å²) in [6, 6.07) is 9.39. The molecule has 3 heterocycles. The van der Waals surface area contributed by atoms with Gasteiger partial charge in [-0.1, -0.05) is 36.4 Å². The van der Waals surface area contributed by atoms with E-state index in [0.29, 0.717) is 0 Å². The zero-order valence-corrected chi connectivity index (χ0v) is 19.7. The molecule has 12 nitrogen and oxygen atoms in total.